The van der Waals surface area contributed by atoms with Crippen molar-refractivity contribution in [2.45, 2.75) is 16.7 Å². The van der Waals surface area contributed by atoms with E-state index in [1.807, 2.05) is 35.7 Å². The molecule has 0 amide bonds. The van der Waals surface area contributed by atoms with Gasteiger partial charge in [0.1, 0.15) is 5.75 Å². The Kier molecular flexibility index (Phi) is 5.67. The quantitative estimate of drug-likeness (QED) is 0.554. The summed E-state index contributed by atoms with van der Waals surface area (Å²) in [4.78, 5) is 2.64. The van der Waals surface area contributed by atoms with E-state index >= 15 is 0 Å². The second-order valence-electron chi connectivity index (χ2n) is 4.19. The molecule has 1 nitrogen and oxygen atoms in total. The van der Waals surface area contributed by atoms with Crippen LogP contribution >= 0.6 is 23.5 Å². The second-order valence-corrected chi connectivity index (χ2v) is 6.52. The number of hydrogen-bond donors (Lipinski definition) is 0. The number of ether oxygens (including phenoxy) is 1. The summed E-state index contributed by atoms with van der Waals surface area (Å²) in [5.41, 5.74) is 1.32. The van der Waals surface area contributed by atoms with Crippen molar-refractivity contribution < 1.29 is 4.74 Å². The van der Waals surface area contributed by atoms with Crippen molar-refractivity contribution in [2.75, 3.05) is 18.6 Å². The van der Waals surface area contributed by atoms with Crippen LogP contribution in [-0.2, 0) is 0 Å². The predicted octanol–water partition coefficient (Wildman–Crippen LogP) is 4.89. The second kappa shape index (κ2) is 7.51. The van der Waals surface area contributed by atoms with Crippen LogP contribution in [0.25, 0.3) is 0 Å². The molecular formula is C16H18OS2. The minimum atomic E-state index is 0.915. The van der Waals surface area contributed by atoms with E-state index in [0.29, 0.717) is 0 Å². The van der Waals surface area contributed by atoms with Crippen molar-refractivity contribution in [3.8, 4) is 5.75 Å². The Morgan fingerprint density at radius 1 is 0.789 bits per heavy atom. The molecule has 100 valence electrons. The molecule has 0 bridgehead atoms. The summed E-state index contributed by atoms with van der Waals surface area (Å²) in [5.74, 6) is 3.16. The van der Waals surface area contributed by atoms with Crippen molar-refractivity contribution in [3.05, 3.63) is 54.1 Å². The molecule has 0 spiro atoms. The fourth-order valence-corrected chi connectivity index (χ4v) is 3.42. The summed E-state index contributed by atoms with van der Waals surface area (Å²) in [5, 5.41) is 0. The number of aryl methyl sites for hydroxylation is 1. The molecule has 0 aliphatic carbocycles. The van der Waals surface area contributed by atoms with Crippen LogP contribution in [0.1, 0.15) is 5.56 Å². The minimum absolute atomic E-state index is 0.915. The van der Waals surface area contributed by atoms with Gasteiger partial charge in [0.05, 0.1) is 7.11 Å². The van der Waals surface area contributed by atoms with Crippen LogP contribution in [0.3, 0.4) is 0 Å². The standard InChI is InChI=1S/C16H18OS2/c1-13-3-7-15(8-4-13)18-11-12-19-16-9-5-14(17-2)6-10-16/h3-10H,11-12H2,1-2H3. The van der Waals surface area contributed by atoms with Gasteiger partial charge in [-0.1, -0.05) is 17.7 Å². The zero-order chi connectivity index (χ0) is 13.5. The lowest BCUT2D eigenvalue weighted by Crippen LogP contribution is -1.85. The fourth-order valence-electron chi connectivity index (χ4n) is 1.63. The highest BCUT2D eigenvalue weighted by molar-refractivity contribution is 8.03. The maximum absolute atomic E-state index is 5.15. The number of benzene rings is 2. The highest BCUT2D eigenvalue weighted by atomic mass is 32.2. The Morgan fingerprint density at radius 3 is 1.74 bits per heavy atom. The van der Waals surface area contributed by atoms with Gasteiger partial charge in [-0.05, 0) is 43.3 Å². The van der Waals surface area contributed by atoms with Crippen LogP contribution in [0.4, 0.5) is 0 Å². The van der Waals surface area contributed by atoms with Gasteiger partial charge in [-0.3, -0.25) is 0 Å². The lowest BCUT2D eigenvalue weighted by molar-refractivity contribution is 0.414. The average molecular weight is 290 g/mol. The van der Waals surface area contributed by atoms with Crippen LogP contribution in [-0.4, -0.2) is 18.6 Å². The van der Waals surface area contributed by atoms with E-state index in [0.717, 1.165) is 17.3 Å². The summed E-state index contributed by atoms with van der Waals surface area (Å²) in [6.45, 7) is 2.12. The van der Waals surface area contributed by atoms with Crippen LogP contribution in [0.15, 0.2) is 58.3 Å². The monoisotopic (exact) mass is 290 g/mol. The summed E-state index contributed by atoms with van der Waals surface area (Å²) < 4.78 is 5.15. The van der Waals surface area contributed by atoms with Gasteiger partial charge in [0, 0.05) is 21.3 Å². The van der Waals surface area contributed by atoms with Crippen molar-refractivity contribution in [2.24, 2.45) is 0 Å². The number of hydrogen-bond acceptors (Lipinski definition) is 3. The van der Waals surface area contributed by atoms with Crippen molar-refractivity contribution in [3.63, 3.8) is 0 Å². The Balaban J connectivity index is 1.72. The molecule has 0 radical (unpaired) electrons. The summed E-state index contributed by atoms with van der Waals surface area (Å²) >= 11 is 3.80. The third-order valence-corrected chi connectivity index (χ3v) is 4.99. The molecule has 3 heteroatoms. The maximum atomic E-state index is 5.15. The smallest absolute Gasteiger partial charge is 0.118 e. The van der Waals surface area contributed by atoms with Gasteiger partial charge in [-0.2, -0.15) is 0 Å². The van der Waals surface area contributed by atoms with Gasteiger partial charge in [-0.15, -0.1) is 23.5 Å². The zero-order valence-corrected chi connectivity index (χ0v) is 12.9. The molecule has 0 aliphatic rings. The molecule has 2 aromatic carbocycles. The highest BCUT2D eigenvalue weighted by Crippen LogP contribution is 2.24. The average Bonchev–Trinajstić information content (AvgIpc) is 2.46. The topological polar surface area (TPSA) is 9.23 Å². The fraction of sp³-hybridized carbons (Fsp3) is 0.250. The van der Waals surface area contributed by atoms with E-state index in [9.17, 15) is 0 Å². The Labute approximate surface area is 123 Å². The van der Waals surface area contributed by atoms with Crippen molar-refractivity contribution in [1.82, 2.24) is 0 Å². The molecule has 0 unspecified atom stereocenters. The zero-order valence-electron chi connectivity index (χ0n) is 11.3. The minimum Gasteiger partial charge on any atom is -0.497 e. The van der Waals surface area contributed by atoms with Gasteiger partial charge in [0.2, 0.25) is 0 Å². The Hall–Kier alpha value is -1.06. The first-order valence-corrected chi connectivity index (χ1v) is 8.21. The normalized spacial score (nSPS) is 10.4. The number of methoxy groups -OCH3 is 1. The Morgan fingerprint density at radius 2 is 1.26 bits per heavy atom. The molecule has 2 rings (SSSR count). The van der Waals surface area contributed by atoms with E-state index in [-0.39, 0.29) is 0 Å². The number of thioether (sulfide) groups is 2. The molecule has 2 aromatic rings. The van der Waals surface area contributed by atoms with E-state index < -0.39 is 0 Å². The third-order valence-electron chi connectivity index (χ3n) is 2.70. The van der Waals surface area contributed by atoms with Gasteiger partial charge in [-0.25, -0.2) is 0 Å². The SMILES string of the molecule is COc1ccc(SCCSc2ccc(C)cc2)cc1. The van der Waals surface area contributed by atoms with Crippen LogP contribution < -0.4 is 4.74 Å². The van der Waals surface area contributed by atoms with Crippen molar-refractivity contribution in [1.29, 1.82) is 0 Å². The summed E-state index contributed by atoms with van der Waals surface area (Å²) in [7, 11) is 1.69. The van der Waals surface area contributed by atoms with Crippen LogP contribution in [0.5, 0.6) is 5.75 Å². The predicted molar refractivity (Wildman–Crippen MR) is 85.6 cm³/mol. The molecule has 0 heterocycles. The Bertz CT molecular complexity index is 491. The lowest BCUT2D eigenvalue weighted by atomic mass is 10.2. The lowest BCUT2D eigenvalue weighted by Gasteiger charge is -2.04. The molecule has 0 atom stereocenters. The van der Waals surface area contributed by atoms with Gasteiger partial charge in [0.15, 0.2) is 0 Å². The van der Waals surface area contributed by atoms with Gasteiger partial charge < -0.3 is 4.74 Å². The van der Waals surface area contributed by atoms with Gasteiger partial charge >= 0.3 is 0 Å². The summed E-state index contributed by atoms with van der Waals surface area (Å²) in [6.07, 6.45) is 0. The molecular weight excluding hydrogens is 272 g/mol. The summed E-state index contributed by atoms with van der Waals surface area (Å²) in [6, 6.07) is 17.0. The molecule has 0 N–H and O–H groups in total. The molecule has 0 saturated carbocycles. The van der Waals surface area contributed by atoms with E-state index in [2.05, 4.69) is 43.3 Å². The first-order chi connectivity index (χ1) is 9.28. The first kappa shape index (κ1) is 14.4. The maximum Gasteiger partial charge on any atom is 0.118 e. The number of rotatable bonds is 6. The van der Waals surface area contributed by atoms with Crippen LogP contribution in [0, 0.1) is 6.92 Å². The molecule has 0 aromatic heterocycles. The molecule has 0 fully saturated rings. The van der Waals surface area contributed by atoms with Crippen LogP contribution in [0.2, 0.25) is 0 Å². The highest BCUT2D eigenvalue weighted by Gasteiger charge is 1.97. The van der Waals surface area contributed by atoms with Crippen molar-refractivity contribution >= 4 is 23.5 Å². The van der Waals surface area contributed by atoms with E-state index in [1.165, 1.54) is 15.4 Å². The van der Waals surface area contributed by atoms with E-state index in [1.54, 1.807) is 7.11 Å². The molecule has 0 saturated heterocycles. The largest absolute Gasteiger partial charge is 0.497 e. The molecule has 19 heavy (non-hydrogen) atoms. The van der Waals surface area contributed by atoms with E-state index in [4.69, 9.17) is 4.74 Å². The van der Waals surface area contributed by atoms with Gasteiger partial charge in [0.25, 0.3) is 0 Å². The molecule has 0 aliphatic heterocycles. The third kappa shape index (κ3) is 4.84. The first-order valence-electron chi connectivity index (χ1n) is 6.24.